The Morgan fingerprint density at radius 2 is 1.74 bits per heavy atom. The third-order valence-electron chi connectivity index (χ3n) is 2.28. The molecule has 1 amide bonds. The van der Waals surface area contributed by atoms with E-state index in [1.54, 1.807) is 20.8 Å². The highest BCUT2D eigenvalue weighted by molar-refractivity contribution is 6.76. The molecule has 0 aromatic rings. The molecule has 0 aliphatic carbocycles. The fourth-order valence-corrected chi connectivity index (χ4v) is 3.45. The van der Waals surface area contributed by atoms with Crippen LogP contribution in [0.2, 0.25) is 25.7 Å². The molecule has 0 rings (SSSR count). The number of hydrogen-bond donors (Lipinski definition) is 1. The molecular formula is C13H27NO4Si. The molecule has 6 heteroatoms. The van der Waals surface area contributed by atoms with Crippen molar-refractivity contribution in [1.82, 2.24) is 5.32 Å². The highest BCUT2D eigenvalue weighted by atomic mass is 28.3. The van der Waals surface area contributed by atoms with E-state index in [1.165, 1.54) is 7.11 Å². The van der Waals surface area contributed by atoms with Gasteiger partial charge >= 0.3 is 12.1 Å². The molecule has 112 valence electrons. The highest BCUT2D eigenvalue weighted by Crippen LogP contribution is 2.18. The predicted octanol–water partition coefficient (Wildman–Crippen LogP) is 2.64. The van der Waals surface area contributed by atoms with Crippen molar-refractivity contribution in [2.45, 2.75) is 52.1 Å². The minimum absolute atomic E-state index is 0.256. The van der Waals surface area contributed by atoms with Crippen LogP contribution in [0.15, 0.2) is 0 Å². The standard InChI is InChI=1S/C13H27NO4Si/c1-13(2,3)18-12(16)14-8-10(11(15)17-4)9-19(5,6)7/h10H,8-9H2,1-7H3,(H,14,16)/t10-/m1/s1. The Labute approximate surface area is 117 Å². The van der Waals surface area contributed by atoms with Gasteiger partial charge in [0.2, 0.25) is 0 Å². The summed E-state index contributed by atoms with van der Waals surface area (Å²) in [6.45, 7) is 12.2. The van der Waals surface area contributed by atoms with Gasteiger partial charge in [-0.05, 0) is 26.8 Å². The Kier molecular flexibility index (Phi) is 6.55. The van der Waals surface area contributed by atoms with Crippen LogP contribution in [-0.2, 0) is 14.3 Å². The average molecular weight is 289 g/mol. The molecule has 0 bridgehead atoms. The number of carbonyl (C=O) groups excluding carboxylic acids is 2. The van der Waals surface area contributed by atoms with Crippen LogP contribution in [0.4, 0.5) is 4.79 Å². The van der Waals surface area contributed by atoms with Crippen molar-refractivity contribution in [3.63, 3.8) is 0 Å². The minimum Gasteiger partial charge on any atom is -0.469 e. The lowest BCUT2D eigenvalue weighted by Crippen LogP contribution is -2.40. The molecule has 0 heterocycles. The van der Waals surface area contributed by atoms with E-state index in [0.29, 0.717) is 0 Å². The summed E-state index contributed by atoms with van der Waals surface area (Å²) >= 11 is 0. The molecule has 1 N–H and O–H groups in total. The second-order valence-corrected chi connectivity index (χ2v) is 12.4. The third kappa shape index (κ3) is 9.52. The van der Waals surface area contributed by atoms with Gasteiger partial charge in [0.1, 0.15) is 5.60 Å². The van der Waals surface area contributed by atoms with Crippen molar-refractivity contribution in [3.8, 4) is 0 Å². The molecule has 0 spiro atoms. The van der Waals surface area contributed by atoms with Gasteiger partial charge in [-0.2, -0.15) is 0 Å². The minimum atomic E-state index is -1.41. The lowest BCUT2D eigenvalue weighted by molar-refractivity contribution is -0.144. The number of amides is 1. The van der Waals surface area contributed by atoms with Crippen LogP contribution in [0.5, 0.6) is 0 Å². The van der Waals surface area contributed by atoms with Crippen LogP contribution in [0, 0.1) is 5.92 Å². The summed E-state index contributed by atoms with van der Waals surface area (Å²) < 4.78 is 9.92. The second-order valence-electron chi connectivity index (χ2n) is 6.87. The van der Waals surface area contributed by atoms with E-state index in [0.717, 1.165) is 6.04 Å². The molecular weight excluding hydrogens is 262 g/mol. The van der Waals surface area contributed by atoms with E-state index in [1.807, 2.05) is 0 Å². The van der Waals surface area contributed by atoms with Gasteiger partial charge in [0, 0.05) is 14.6 Å². The maximum Gasteiger partial charge on any atom is 0.407 e. The molecule has 0 fully saturated rings. The van der Waals surface area contributed by atoms with Crippen molar-refractivity contribution in [3.05, 3.63) is 0 Å². The smallest absolute Gasteiger partial charge is 0.407 e. The Morgan fingerprint density at radius 1 is 1.21 bits per heavy atom. The Morgan fingerprint density at radius 3 is 2.11 bits per heavy atom. The topological polar surface area (TPSA) is 64.6 Å². The van der Waals surface area contributed by atoms with Gasteiger partial charge < -0.3 is 14.8 Å². The molecule has 0 aromatic heterocycles. The summed E-state index contributed by atoms with van der Waals surface area (Å²) in [7, 11) is -0.0430. The van der Waals surface area contributed by atoms with E-state index in [9.17, 15) is 9.59 Å². The molecule has 19 heavy (non-hydrogen) atoms. The van der Waals surface area contributed by atoms with E-state index in [2.05, 4.69) is 25.0 Å². The van der Waals surface area contributed by atoms with Crippen molar-refractivity contribution >= 4 is 20.1 Å². The summed E-state index contributed by atoms with van der Waals surface area (Å²) in [5, 5.41) is 2.64. The van der Waals surface area contributed by atoms with Crippen LogP contribution in [0.3, 0.4) is 0 Å². The van der Waals surface area contributed by atoms with Gasteiger partial charge in [-0.3, -0.25) is 4.79 Å². The lowest BCUT2D eigenvalue weighted by atomic mass is 10.2. The zero-order valence-electron chi connectivity index (χ0n) is 13.1. The zero-order chi connectivity index (χ0) is 15.3. The Bertz CT molecular complexity index is 318. The Balaban J connectivity index is 4.43. The SMILES string of the molecule is COC(=O)[C@H](CNC(=O)OC(C)(C)C)C[Si](C)(C)C. The first-order chi connectivity index (χ1) is 8.44. The van der Waals surface area contributed by atoms with Gasteiger partial charge in [0.15, 0.2) is 0 Å². The number of carbonyl (C=O) groups is 2. The van der Waals surface area contributed by atoms with Gasteiger partial charge in [-0.15, -0.1) is 0 Å². The van der Waals surface area contributed by atoms with Crippen molar-refractivity contribution in [2.24, 2.45) is 5.92 Å². The van der Waals surface area contributed by atoms with E-state index >= 15 is 0 Å². The molecule has 0 unspecified atom stereocenters. The molecule has 0 radical (unpaired) electrons. The summed E-state index contributed by atoms with van der Waals surface area (Å²) in [4.78, 5) is 23.3. The monoisotopic (exact) mass is 289 g/mol. The normalized spacial score (nSPS) is 13.6. The number of esters is 1. The maximum atomic E-state index is 11.7. The predicted molar refractivity (Wildman–Crippen MR) is 77.9 cm³/mol. The number of ether oxygens (including phenoxy) is 2. The largest absolute Gasteiger partial charge is 0.469 e. The van der Waals surface area contributed by atoms with Gasteiger partial charge in [0.25, 0.3) is 0 Å². The summed E-state index contributed by atoms with van der Waals surface area (Å²) in [5.74, 6) is -0.581. The molecule has 0 aromatic carbocycles. The third-order valence-corrected chi connectivity index (χ3v) is 4.00. The lowest BCUT2D eigenvalue weighted by Gasteiger charge is -2.24. The van der Waals surface area contributed by atoms with Crippen molar-refractivity contribution < 1.29 is 19.1 Å². The van der Waals surface area contributed by atoms with Gasteiger partial charge in [-0.25, -0.2) is 4.79 Å². The Hall–Kier alpha value is -1.04. The van der Waals surface area contributed by atoms with Gasteiger partial charge in [-0.1, -0.05) is 19.6 Å². The molecule has 0 aliphatic heterocycles. The molecule has 0 saturated heterocycles. The number of methoxy groups -OCH3 is 1. The molecule has 5 nitrogen and oxygen atoms in total. The fourth-order valence-electron chi connectivity index (χ4n) is 1.67. The van der Waals surface area contributed by atoms with Crippen LogP contribution in [0.25, 0.3) is 0 Å². The summed E-state index contributed by atoms with van der Waals surface area (Å²) in [6.07, 6.45) is -0.503. The number of nitrogens with one attached hydrogen (secondary N) is 1. The molecule has 0 aliphatic rings. The van der Waals surface area contributed by atoms with E-state index in [-0.39, 0.29) is 18.4 Å². The fraction of sp³-hybridized carbons (Fsp3) is 0.846. The highest BCUT2D eigenvalue weighted by Gasteiger charge is 2.27. The number of rotatable bonds is 5. The maximum absolute atomic E-state index is 11.7. The first-order valence-corrected chi connectivity index (χ1v) is 10.2. The van der Waals surface area contributed by atoms with Crippen molar-refractivity contribution in [1.29, 1.82) is 0 Å². The number of alkyl carbamates (subject to hydrolysis) is 1. The van der Waals surface area contributed by atoms with Crippen LogP contribution < -0.4 is 5.32 Å². The van der Waals surface area contributed by atoms with E-state index in [4.69, 9.17) is 9.47 Å². The second kappa shape index (κ2) is 6.93. The van der Waals surface area contributed by atoms with Crippen molar-refractivity contribution in [2.75, 3.05) is 13.7 Å². The first-order valence-electron chi connectivity index (χ1n) is 6.49. The first kappa shape index (κ1) is 18.0. The average Bonchev–Trinajstić information content (AvgIpc) is 2.19. The van der Waals surface area contributed by atoms with Crippen LogP contribution in [-0.4, -0.2) is 39.4 Å². The number of hydrogen-bond acceptors (Lipinski definition) is 4. The van der Waals surface area contributed by atoms with Crippen LogP contribution >= 0.6 is 0 Å². The summed E-state index contributed by atoms with van der Waals surface area (Å²) in [5.41, 5.74) is -0.538. The zero-order valence-corrected chi connectivity index (χ0v) is 14.1. The molecule has 1 atom stereocenters. The summed E-state index contributed by atoms with van der Waals surface area (Å²) in [6, 6.07) is 0.773. The molecule has 0 saturated carbocycles. The van der Waals surface area contributed by atoms with E-state index < -0.39 is 19.8 Å². The quantitative estimate of drug-likeness (QED) is 0.624. The van der Waals surface area contributed by atoms with Gasteiger partial charge in [0.05, 0.1) is 13.0 Å². The van der Waals surface area contributed by atoms with Crippen LogP contribution in [0.1, 0.15) is 20.8 Å².